The van der Waals surface area contributed by atoms with Crippen molar-refractivity contribution < 1.29 is 9.53 Å². The molecule has 3 nitrogen and oxygen atoms in total. The average Bonchev–Trinajstić information content (AvgIpc) is 2.69. The standard InChI is InChI=1S/C12H14ClNO2S/c1-16-11-4-9(13)3-10(5-11)14-6-8(7-17)2-12(14)15/h3-5,8,17H,2,6-7H2,1H3. The van der Waals surface area contributed by atoms with Gasteiger partial charge in [0.2, 0.25) is 5.91 Å². The molecule has 5 heteroatoms. The van der Waals surface area contributed by atoms with E-state index in [9.17, 15) is 4.79 Å². The van der Waals surface area contributed by atoms with Gasteiger partial charge in [-0.3, -0.25) is 4.79 Å². The summed E-state index contributed by atoms with van der Waals surface area (Å²) in [7, 11) is 1.58. The Kier molecular flexibility index (Phi) is 3.84. The molecule has 0 spiro atoms. The van der Waals surface area contributed by atoms with Crippen molar-refractivity contribution in [2.24, 2.45) is 5.92 Å². The molecule has 92 valence electrons. The fourth-order valence-electron chi connectivity index (χ4n) is 1.98. The van der Waals surface area contributed by atoms with Gasteiger partial charge in [-0.05, 0) is 23.8 Å². The smallest absolute Gasteiger partial charge is 0.227 e. The number of carbonyl (C=O) groups is 1. The van der Waals surface area contributed by atoms with Crippen LogP contribution in [0.25, 0.3) is 0 Å². The molecule has 0 aromatic heterocycles. The van der Waals surface area contributed by atoms with E-state index in [0.29, 0.717) is 29.7 Å². The van der Waals surface area contributed by atoms with Gasteiger partial charge in [0, 0.05) is 29.7 Å². The molecule has 0 N–H and O–H groups in total. The molecule has 1 aromatic rings. The molecule has 1 aliphatic rings. The summed E-state index contributed by atoms with van der Waals surface area (Å²) >= 11 is 10.2. The number of ether oxygens (including phenoxy) is 1. The first-order valence-corrected chi connectivity index (χ1v) is 6.41. The van der Waals surface area contributed by atoms with E-state index in [1.54, 1.807) is 24.1 Å². The van der Waals surface area contributed by atoms with Crippen LogP contribution in [-0.2, 0) is 4.79 Å². The van der Waals surface area contributed by atoms with Gasteiger partial charge in [0.05, 0.1) is 7.11 Å². The highest BCUT2D eigenvalue weighted by Crippen LogP contribution is 2.31. The second-order valence-corrected chi connectivity index (χ2v) is 4.91. The van der Waals surface area contributed by atoms with Crippen molar-refractivity contribution in [3.05, 3.63) is 23.2 Å². The molecule has 1 saturated heterocycles. The minimum atomic E-state index is 0.119. The Bertz CT molecular complexity index is 439. The van der Waals surface area contributed by atoms with Crippen LogP contribution in [0.2, 0.25) is 5.02 Å². The second kappa shape index (κ2) is 5.19. The third-order valence-corrected chi connectivity index (χ3v) is 3.60. The number of hydrogen-bond donors (Lipinski definition) is 1. The predicted molar refractivity (Wildman–Crippen MR) is 72.3 cm³/mol. The lowest BCUT2D eigenvalue weighted by Crippen LogP contribution is -2.24. The Morgan fingerprint density at radius 1 is 1.53 bits per heavy atom. The molecule has 17 heavy (non-hydrogen) atoms. The van der Waals surface area contributed by atoms with Crippen molar-refractivity contribution >= 4 is 35.8 Å². The maximum Gasteiger partial charge on any atom is 0.227 e. The highest BCUT2D eigenvalue weighted by Gasteiger charge is 2.29. The number of hydrogen-bond acceptors (Lipinski definition) is 3. The highest BCUT2D eigenvalue weighted by atomic mass is 35.5. The normalized spacial score (nSPS) is 19.8. The van der Waals surface area contributed by atoms with Gasteiger partial charge < -0.3 is 9.64 Å². The molecule has 1 aromatic carbocycles. The Morgan fingerprint density at radius 2 is 2.29 bits per heavy atom. The molecule has 1 fully saturated rings. The zero-order valence-corrected chi connectivity index (χ0v) is 11.2. The predicted octanol–water partition coefficient (Wildman–Crippen LogP) is 2.63. The Hall–Kier alpha value is -0.870. The minimum Gasteiger partial charge on any atom is -0.497 e. The fourth-order valence-corrected chi connectivity index (χ4v) is 2.44. The number of nitrogens with zero attached hydrogens (tertiary/aromatic N) is 1. The van der Waals surface area contributed by atoms with E-state index in [1.807, 2.05) is 6.07 Å². The van der Waals surface area contributed by atoms with E-state index in [0.717, 1.165) is 11.4 Å². The number of rotatable bonds is 3. The average molecular weight is 272 g/mol. The van der Waals surface area contributed by atoms with Gasteiger partial charge in [0.15, 0.2) is 0 Å². The highest BCUT2D eigenvalue weighted by molar-refractivity contribution is 7.80. The lowest BCUT2D eigenvalue weighted by molar-refractivity contribution is -0.117. The quantitative estimate of drug-likeness (QED) is 0.857. The summed E-state index contributed by atoms with van der Waals surface area (Å²) in [5, 5.41) is 0.571. The molecular weight excluding hydrogens is 258 g/mol. The molecule has 1 aliphatic heterocycles. The molecule has 1 atom stereocenters. The van der Waals surface area contributed by atoms with Crippen LogP contribution in [0, 0.1) is 5.92 Å². The van der Waals surface area contributed by atoms with Crippen LogP contribution < -0.4 is 9.64 Å². The monoisotopic (exact) mass is 271 g/mol. The largest absolute Gasteiger partial charge is 0.497 e. The number of anilines is 1. The second-order valence-electron chi connectivity index (χ2n) is 4.11. The van der Waals surface area contributed by atoms with Crippen LogP contribution in [-0.4, -0.2) is 25.3 Å². The van der Waals surface area contributed by atoms with Crippen molar-refractivity contribution in [3.8, 4) is 5.75 Å². The topological polar surface area (TPSA) is 29.5 Å². The van der Waals surface area contributed by atoms with Gasteiger partial charge >= 0.3 is 0 Å². The maximum absolute atomic E-state index is 11.9. The summed E-state index contributed by atoms with van der Waals surface area (Å²) < 4.78 is 5.15. The van der Waals surface area contributed by atoms with E-state index < -0.39 is 0 Å². The lowest BCUT2D eigenvalue weighted by atomic mass is 10.1. The number of thiol groups is 1. The number of carbonyl (C=O) groups excluding carboxylic acids is 1. The van der Waals surface area contributed by atoms with Crippen molar-refractivity contribution in [1.82, 2.24) is 0 Å². The zero-order valence-electron chi connectivity index (χ0n) is 9.52. The van der Waals surface area contributed by atoms with Gasteiger partial charge in [-0.1, -0.05) is 11.6 Å². The summed E-state index contributed by atoms with van der Waals surface area (Å²) in [4.78, 5) is 13.6. The van der Waals surface area contributed by atoms with E-state index >= 15 is 0 Å². The van der Waals surface area contributed by atoms with Gasteiger partial charge in [-0.2, -0.15) is 12.6 Å². The van der Waals surface area contributed by atoms with E-state index in [1.165, 1.54) is 0 Å². The first-order valence-electron chi connectivity index (χ1n) is 5.40. The van der Waals surface area contributed by atoms with Crippen LogP contribution in [0.3, 0.4) is 0 Å². The summed E-state index contributed by atoms with van der Waals surface area (Å²) in [5.41, 5.74) is 0.795. The van der Waals surface area contributed by atoms with Gasteiger partial charge in [-0.15, -0.1) is 0 Å². The van der Waals surface area contributed by atoms with Crippen LogP contribution in [0.5, 0.6) is 5.75 Å². The van der Waals surface area contributed by atoms with Gasteiger partial charge in [0.1, 0.15) is 5.75 Å². The van der Waals surface area contributed by atoms with Crippen LogP contribution in [0.4, 0.5) is 5.69 Å². The first-order chi connectivity index (χ1) is 8.13. The molecule has 1 heterocycles. The number of amides is 1. The lowest BCUT2D eigenvalue weighted by Gasteiger charge is -2.17. The number of halogens is 1. The van der Waals surface area contributed by atoms with Crippen molar-refractivity contribution in [3.63, 3.8) is 0 Å². The van der Waals surface area contributed by atoms with E-state index in [2.05, 4.69) is 12.6 Å². The number of benzene rings is 1. The van der Waals surface area contributed by atoms with Crippen LogP contribution in [0.1, 0.15) is 6.42 Å². The molecule has 0 saturated carbocycles. The van der Waals surface area contributed by atoms with Crippen molar-refractivity contribution in [2.75, 3.05) is 24.3 Å². The minimum absolute atomic E-state index is 0.119. The first kappa shape index (κ1) is 12.6. The van der Waals surface area contributed by atoms with Crippen molar-refractivity contribution in [1.29, 1.82) is 0 Å². The van der Waals surface area contributed by atoms with Crippen LogP contribution >= 0.6 is 24.2 Å². The third-order valence-electron chi connectivity index (χ3n) is 2.87. The SMILES string of the molecule is COc1cc(Cl)cc(N2CC(CS)CC2=O)c1. The Labute approximate surface area is 111 Å². The Balaban J connectivity index is 2.28. The van der Waals surface area contributed by atoms with Gasteiger partial charge in [-0.25, -0.2) is 0 Å². The van der Waals surface area contributed by atoms with E-state index in [-0.39, 0.29) is 5.91 Å². The molecule has 2 rings (SSSR count). The maximum atomic E-state index is 11.9. The summed E-state index contributed by atoms with van der Waals surface area (Å²) in [6, 6.07) is 5.33. The van der Waals surface area contributed by atoms with Crippen molar-refractivity contribution in [2.45, 2.75) is 6.42 Å². The molecule has 1 unspecified atom stereocenters. The van der Waals surface area contributed by atoms with E-state index in [4.69, 9.17) is 16.3 Å². The summed E-state index contributed by atoms with van der Waals surface area (Å²) in [6.07, 6.45) is 0.554. The molecule has 0 bridgehead atoms. The summed E-state index contributed by atoms with van der Waals surface area (Å²) in [5.74, 6) is 1.82. The molecule has 1 amide bonds. The van der Waals surface area contributed by atoms with Crippen LogP contribution in [0.15, 0.2) is 18.2 Å². The third kappa shape index (κ3) is 2.69. The molecular formula is C12H14ClNO2S. The zero-order chi connectivity index (χ0) is 12.4. The summed E-state index contributed by atoms with van der Waals surface area (Å²) in [6.45, 7) is 0.700. The fraction of sp³-hybridized carbons (Fsp3) is 0.417. The van der Waals surface area contributed by atoms with Gasteiger partial charge in [0.25, 0.3) is 0 Å². The Morgan fingerprint density at radius 3 is 2.88 bits per heavy atom. The number of methoxy groups -OCH3 is 1. The molecule has 0 radical (unpaired) electrons. The molecule has 0 aliphatic carbocycles.